The highest BCUT2D eigenvalue weighted by Crippen LogP contribution is 2.19. The van der Waals surface area contributed by atoms with Gasteiger partial charge in [-0.2, -0.15) is 4.98 Å². The summed E-state index contributed by atoms with van der Waals surface area (Å²) in [4.78, 5) is 8.42. The first-order chi connectivity index (χ1) is 10.2. The standard InChI is InChI=1S/C15H13ClN4O/c1-11-7-12(9-16)8-14(18-11)21-15-17-10-20(19-15)13-5-3-2-4-6-13/h2-8,10H,9H2,1H3. The van der Waals surface area contributed by atoms with Crippen LogP contribution in [-0.2, 0) is 5.88 Å². The molecule has 0 atom stereocenters. The Balaban J connectivity index is 1.83. The molecule has 3 rings (SSSR count). The minimum atomic E-state index is 0.248. The van der Waals surface area contributed by atoms with Crippen LogP contribution in [0.3, 0.4) is 0 Å². The van der Waals surface area contributed by atoms with Crippen LogP contribution in [0.5, 0.6) is 11.9 Å². The van der Waals surface area contributed by atoms with Crippen LogP contribution in [0.2, 0.25) is 0 Å². The molecular weight excluding hydrogens is 288 g/mol. The molecule has 106 valence electrons. The van der Waals surface area contributed by atoms with Gasteiger partial charge in [0.15, 0.2) is 0 Å². The van der Waals surface area contributed by atoms with Crippen LogP contribution in [0.25, 0.3) is 5.69 Å². The number of hydrogen-bond acceptors (Lipinski definition) is 4. The highest BCUT2D eigenvalue weighted by atomic mass is 35.5. The molecule has 1 aromatic carbocycles. The van der Waals surface area contributed by atoms with Crippen molar-refractivity contribution in [3.63, 3.8) is 0 Å². The Bertz CT molecular complexity index is 742. The molecule has 5 nitrogen and oxygen atoms in total. The van der Waals surface area contributed by atoms with Crippen molar-refractivity contribution in [3.05, 3.63) is 60.0 Å². The van der Waals surface area contributed by atoms with E-state index in [9.17, 15) is 0 Å². The second-order valence-corrected chi connectivity index (χ2v) is 4.77. The number of aryl methyl sites for hydroxylation is 1. The van der Waals surface area contributed by atoms with Gasteiger partial charge in [0.25, 0.3) is 0 Å². The van der Waals surface area contributed by atoms with E-state index in [1.54, 1.807) is 17.1 Å². The van der Waals surface area contributed by atoms with Crippen LogP contribution in [0.1, 0.15) is 11.3 Å². The molecule has 0 bridgehead atoms. The minimum Gasteiger partial charge on any atom is -0.404 e. The van der Waals surface area contributed by atoms with Gasteiger partial charge in [-0.15, -0.1) is 16.7 Å². The van der Waals surface area contributed by atoms with E-state index in [2.05, 4.69) is 15.1 Å². The molecule has 2 heterocycles. The molecule has 6 heteroatoms. The predicted molar refractivity (Wildman–Crippen MR) is 80.0 cm³/mol. The fourth-order valence-corrected chi connectivity index (χ4v) is 2.08. The van der Waals surface area contributed by atoms with Gasteiger partial charge in [-0.05, 0) is 30.7 Å². The maximum Gasteiger partial charge on any atom is 0.342 e. The molecule has 0 saturated heterocycles. The lowest BCUT2D eigenvalue weighted by Crippen LogP contribution is -1.96. The average Bonchev–Trinajstić information content (AvgIpc) is 2.96. The third-order valence-corrected chi connectivity index (χ3v) is 3.14. The molecule has 3 aromatic rings. The normalized spacial score (nSPS) is 10.6. The molecule has 0 amide bonds. The highest BCUT2D eigenvalue weighted by Gasteiger charge is 2.07. The maximum atomic E-state index is 5.84. The van der Waals surface area contributed by atoms with E-state index in [-0.39, 0.29) is 6.01 Å². The SMILES string of the molecule is Cc1cc(CCl)cc(Oc2ncn(-c3ccccc3)n2)n1. The predicted octanol–water partition coefficient (Wildman–Crippen LogP) is 3.50. The van der Waals surface area contributed by atoms with Gasteiger partial charge in [-0.3, -0.25) is 0 Å². The molecule has 0 aliphatic rings. The third-order valence-electron chi connectivity index (χ3n) is 2.83. The molecule has 0 saturated carbocycles. The monoisotopic (exact) mass is 300 g/mol. The lowest BCUT2D eigenvalue weighted by Gasteiger charge is -2.04. The number of hydrogen-bond donors (Lipinski definition) is 0. The van der Waals surface area contributed by atoms with E-state index >= 15 is 0 Å². The average molecular weight is 301 g/mol. The van der Waals surface area contributed by atoms with Crippen molar-refractivity contribution in [3.8, 4) is 17.6 Å². The zero-order valence-electron chi connectivity index (χ0n) is 11.4. The van der Waals surface area contributed by atoms with Crippen molar-refractivity contribution in [2.24, 2.45) is 0 Å². The first-order valence-corrected chi connectivity index (χ1v) is 6.96. The number of ether oxygens (including phenoxy) is 1. The Morgan fingerprint density at radius 2 is 2.00 bits per heavy atom. The number of alkyl halides is 1. The second kappa shape index (κ2) is 5.93. The van der Waals surface area contributed by atoms with Crippen LogP contribution in [0.4, 0.5) is 0 Å². The quantitative estimate of drug-likeness (QED) is 0.692. The van der Waals surface area contributed by atoms with E-state index in [4.69, 9.17) is 16.3 Å². The van der Waals surface area contributed by atoms with Gasteiger partial charge >= 0.3 is 6.01 Å². The van der Waals surface area contributed by atoms with Crippen LogP contribution < -0.4 is 4.74 Å². The lowest BCUT2D eigenvalue weighted by molar-refractivity contribution is 0.423. The number of rotatable bonds is 4. The second-order valence-electron chi connectivity index (χ2n) is 4.50. The number of aromatic nitrogens is 4. The summed E-state index contributed by atoms with van der Waals surface area (Å²) in [7, 11) is 0. The zero-order valence-corrected chi connectivity index (χ0v) is 12.2. The Morgan fingerprint density at radius 3 is 2.76 bits per heavy atom. The van der Waals surface area contributed by atoms with Crippen molar-refractivity contribution in [1.82, 2.24) is 19.7 Å². The molecule has 0 radical (unpaired) electrons. The molecule has 0 unspecified atom stereocenters. The summed E-state index contributed by atoms with van der Waals surface area (Å²) in [5.74, 6) is 0.850. The van der Waals surface area contributed by atoms with Crippen molar-refractivity contribution >= 4 is 11.6 Å². The summed E-state index contributed by atoms with van der Waals surface area (Å²) in [6.07, 6.45) is 1.60. The summed E-state index contributed by atoms with van der Waals surface area (Å²) >= 11 is 5.84. The van der Waals surface area contributed by atoms with Gasteiger partial charge in [0.05, 0.1) is 5.69 Å². The molecule has 0 aliphatic carbocycles. The Kier molecular flexibility index (Phi) is 3.83. The Labute approximate surface area is 127 Å². The number of pyridine rings is 1. The lowest BCUT2D eigenvalue weighted by atomic mass is 10.2. The van der Waals surface area contributed by atoms with Crippen LogP contribution in [0, 0.1) is 6.92 Å². The van der Waals surface area contributed by atoms with E-state index in [1.807, 2.05) is 43.3 Å². The highest BCUT2D eigenvalue weighted by molar-refractivity contribution is 6.17. The van der Waals surface area contributed by atoms with Gasteiger partial charge in [0, 0.05) is 17.6 Å². The first kappa shape index (κ1) is 13.6. The van der Waals surface area contributed by atoms with E-state index in [0.717, 1.165) is 16.9 Å². The van der Waals surface area contributed by atoms with Gasteiger partial charge in [-0.1, -0.05) is 18.2 Å². The van der Waals surface area contributed by atoms with Crippen LogP contribution in [0.15, 0.2) is 48.8 Å². The smallest absolute Gasteiger partial charge is 0.342 e. The van der Waals surface area contributed by atoms with Gasteiger partial charge < -0.3 is 4.74 Å². The fourth-order valence-electron chi connectivity index (χ4n) is 1.93. The zero-order chi connectivity index (χ0) is 14.7. The van der Waals surface area contributed by atoms with E-state index in [1.165, 1.54) is 0 Å². The molecule has 2 aromatic heterocycles. The summed E-state index contributed by atoms with van der Waals surface area (Å²) in [6.45, 7) is 1.89. The van der Waals surface area contributed by atoms with Crippen molar-refractivity contribution < 1.29 is 4.74 Å². The van der Waals surface area contributed by atoms with Gasteiger partial charge in [-0.25, -0.2) is 9.67 Å². The summed E-state index contributed by atoms with van der Waals surface area (Å²) in [6, 6.07) is 13.6. The largest absolute Gasteiger partial charge is 0.404 e. The molecule has 21 heavy (non-hydrogen) atoms. The van der Waals surface area contributed by atoms with Gasteiger partial charge in [0.2, 0.25) is 5.88 Å². The third kappa shape index (κ3) is 3.20. The number of halogens is 1. The topological polar surface area (TPSA) is 52.8 Å². The molecular formula is C15H13ClN4O. The summed E-state index contributed by atoms with van der Waals surface area (Å²) < 4.78 is 7.24. The number of nitrogens with zero attached hydrogens (tertiary/aromatic N) is 4. The van der Waals surface area contributed by atoms with Crippen molar-refractivity contribution in [2.45, 2.75) is 12.8 Å². The maximum absolute atomic E-state index is 5.84. The Hall–Kier alpha value is -2.40. The van der Waals surface area contributed by atoms with E-state index in [0.29, 0.717) is 11.8 Å². The number of benzene rings is 1. The molecule has 0 aliphatic heterocycles. The molecule has 0 fully saturated rings. The van der Waals surface area contributed by atoms with Crippen molar-refractivity contribution in [1.29, 1.82) is 0 Å². The first-order valence-electron chi connectivity index (χ1n) is 6.43. The molecule has 0 spiro atoms. The fraction of sp³-hybridized carbons (Fsp3) is 0.133. The van der Waals surface area contributed by atoms with Crippen molar-refractivity contribution in [2.75, 3.05) is 0 Å². The van der Waals surface area contributed by atoms with Crippen LogP contribution >= 0.6 is 11.6 Å². The van der Waals surface area contributed by atoms with E-state index < -0.39 is 0 Å². The Morgan fingerprint density at radius 1 is 1.19 bits per heavy atom. The van der Waals surface area contributed by atoms with Gasteiger partial charge in [0.1, 0.15) is 6.33 Å². The molecule has 0 N–H and O–H groups in total. The van der Waals surface area contributed by atoms with Crippen LogP contribution in [-0.4, -0.2) is 19.7 Å². The summed E-state index contributed by atoms with van der Waals surface area (Å²) in [5.41, 5.74) is 2.70. The minimum absolute atomic E-state index is 0.248. The summed E-state index contributed by atoms with van der Waals surface area (Å²) in [5, 5.41) is 4.27. The number of para-hydroxylation sites is 1.